The first kappa shape index (κ1) is 16.0. The molecule has 0 bridgehead atoms. The van der Waals surface area contributed by atoms with Gasteiger partial charge in [-0.1, -0.05) is 24.9 Å². The van der Waals surface area contributed by atoms with Gasteiger partial charge in [0.15, 0.2) is 0 Å². The number of nitrogen functional groups attached to an aromatic ring is 1. The number of carbonyl (C=O) groups is 1. The van der Waals surface area contributed by atoms with Crippen LogP contribution in [0, 0.1) is 0 Å². The second-order valence-corrected chi connectivity index (χ2v) is 6.29. The first-order valence-corrected chi connectivity index (χ1v) is 7.86. The van der Waals surface area contributed by atoms with Crippen LogP contribution in [0.15, 0.2) is 23.1 Å². The van der Waals surface area contributed by atoms with E-state index in [4.69, 9.17) is 17.3 Å². The molecule has 6 heteroatoms. The maximum absolute atomic E-state index is 12.1. The van der Waals surface area contributed by atoms with Crippen LogP contribution in [0.1, 0.15) is 26.7 Å². The van der Waals surface area contributed by atoms with E-state index in [9.17, 15) is 9.00 Å². The van der Waals surface area contributed by atoms with Crippen molar-refractivity contribution in [2.24, 2.45) is 0 Å². The number of nitrogens with two attached hydrogens (primary N) is 1. The molecule has 4 nitrogen and oxygen atoms in total. The molecule has 1 rings (SSSR count). The van der Waals surface area contributed by atoms with Crippen LogP contribution in [0.3, 0.4) is 0 Å². The van der Waals surface area contributed by atoms with Gasteiger partial charge < -0.3 is 11.1 Å². The summed E-state index contributed by atoms with van der Waals surface area (Å²) in [5.41, 5.74) is 6.09. The van der Waals surface area contributed by atoms with Crippen molar-refractivity contribution in [2.75, 3.05) is 11.5 Å². The van der Waals surface area contributed by atoms with Gasteiger partial charge in [-0.05, 0) is 31.5 Å². The van der Waals surface area contributed by atoms with E-state index in [1.165, 1.54) is 6.07 Å². The van der Waals surface area contributed by atoms with Gasteiger partial charge in [-0.2, -0.15) is 0 Å². The molecule has 2 unspecified atom stereocenters. The smallest absolute Gasteiger partial charge is 0.233 e. The molecule has 3 N–H and O–H groups in total. The van der Waals surface area contributed by atoms with Crippen molar-refractivity contribution in [3.63, 3.8) is 0 Å². The highest BCUT2D eigenvalue weighted by molar-refractivity contribution is 7.86. The molecule has 1 aromatic carbocycles. The molecule has 106 valence electrons. The lowest BCUT2D eigenvalue weighted by atomic mass is 10.2. The van der Waals surface area contributed by atoms with Crippen molar-refractivity contribution >= 4 is 34.0 Å². The number of rotatable bonds is 6. The summed E-state index contributed by atoms with van der Waals surface area (Å²) >= 11 is 5.77. The monoisotopic (exact) mass is 302 g/mol. The summed E-state index contributed by atoms with van der Waals surface area (Å²) in [5.74, 6) is -0.312. The highest BCUT2D eigenvalue weighted by Gasteiger charge is 2.14. The largest absolute Gasteiger partial charge is 0.398 e. The fraction of sp³-hybridized carbons (Fsp3) is 0.462. The zero-order chi connectivity index (χ0) is 14.4. The van der Waals surface area contributed by atoms with Gasteiger partial charge in [0.2, 0.25) is 5.91 Å². The molecule has 1 aromatic rings. The van der Waals surface area contributed by atoms with Gasteiger partial charge in [0.1, 0.15) is 5.75 Å². The molecule has 2 atom stereocenters. The molecule has 0 aliphatic heterocycles. The zero-order valence-corrected chi connectivity index (χ0v) is 12.7. The van der Waals surface area contributed by atoms with Crippen LogP contribution in [0.25, 0.3) is 0 Å². The molecule has 0 fully saturated rings. The molecule has 19 heavy (non-hydrogen) atoms. The number of benzene rings is 1. The van der Waals surface area contributed by atoms with Crippen molar-refractivity contribution in [3.05, 3.63) is 23.2 Å². The van der Waals surface area contributed by atoms with Gasteiger partial charge in [0, 0.05) is 16.8 Å². The zero-order valence-electron chi connectivity index (χ0n) is 11.1. The number of hydrogen-bond acceptors (Lipinski definition) is 3. The lowest BCUT2D eigenvalue weighted by Gasteiger charge is -2.12. The Bertz CT molecular complexity index is 480. The summed E-state index contributed by atoms with van der Waals surface area (Å²) in [7, 11) is -1.45. The molecule has 0 heterocycles. The van der Waals surface area contributed by atoms with Crippen molar-refractivity contribution < 1.29 is 9.00 Å². The van der Waals surface area contributed by atoms with Gasteiger partial charge in [0.05, 0.1) is 15.7 Å². The quantitative estimate of drug-likeness (QED) is 0.792. The van der Waals surface area contributed by atoms with Crippen LogP contribution >= 0.6 is 11.6 Å². The fourth-order valence-electron chi connectivity index (χ4n) is 1.75. The van der Waals surface area contributed by atoms with E-state index in [2.05, 4.69) is 12.2 Å². The van der Waals surface area contributed by atoms with Gasteiger partial charge in [-0.25, -0.2) is 0 Å². The highest BCUT2D eigenvalue weighted by atomic mass is 35.5. The predicted molar refractivity (Wildman–Crippen MR) is 79.7 cm³/mol. The summed E-state index contributed by atoms with van der Waals surface area (Å²) in [6.07, 6.45) is 1.90. The maximum Gasteiger partial charge on any atom is 0.233 e. The molecule has 1 amide bonds. The SMILES string of the molecule is CCCC(C)NC(=O)CS(=O)c1ccc(Cl)cc1N. The standard InChI is InChI=1S/C13H19ClN2O2S/c1-3-4-9(2)16-13(17)8-19(18)12-6-5-10(14)7-11(12)15/h5-7,9H,3-4,8,15H2,1-2H3,(H,16,17). The van der Waals surface area contributed by atoms with Crippen LogP contribution in [0.2, 0.25) is 5.02 Å². The minimum absolute atomic E-state index is 0.0834. The normalized spacial score (nSPS) is 13.8. The van der Waals surface area contributed by atoms with E-state index >= 15 is 0 Å². The summed E-state index contributed by atoms with van der Waals surface area (Å²) in [6.45, 7) is 3.98. The van der Waals surface area contributed by atoms with Gasteiger partial charge in [-0.3, -0.25) is 9.00 Å². The third-order valence-electron chi connectivity index (χ3n) is 2.61. The Morgan fingerprint density at radius 1 is 1.53 bits per heavy atom. The average Bonchev–Trinajstić information content (AvgIpc) is 2.28. The Hall–Kier alpha value is -1.07. The van der Waals surface area contributed by atoms with Gasteiger partial charge in [0.25, 0.3) is 0 Å². The lowest BCUT2D eigenvalue weighted by molar-refractivity contribution is -0.119. The Morgan fingerprint density at radius 2 is 2.21 bits per heavy atom. The van der Waals surface area contributed by atoms with Crippen molar-refractivity contribution in [1.82, 2.24) is 5.32 Å². The molecular formula is C13H19ClN2O2S. The van der Waals surface area contributed by atoms with Gasteiger partial charge in [-0.15, -0.1) is 0 Å². The third kappa shape index (κ3) is 5.20. The Labute approximate surface area is 121 Å². The number of anilines is 1. The van der Waals surface area contributed by atoms with Crippen LogP contribution in [-0.4, -0.2) is 21.9 Å². The van der Waals surface area contributed by atoms with E-state index in [-0.39, 0.29) is 17.7 Å². The van der Waals surface area contributed by atoms with Crippen LogP contribution in [0.5, 0.6) is 0 Å². The minimum atomic E-state index is -1.45. The fourth-order valence-corrected chi connectivity index (χ4v) is 2.94. The number of halogens is 1. The Balaban J connectivity index is 2.62. The van der Waals surface area contributed by atoms with Gasteiger partial charge >= 0.3 is 0 Å². The summed E-state index contributed by atoms with van der Waals surface area (Å²) in [4.78, 5) is 12.2. The number of amides is 1. The number of hydrogen-bond donors (Lipinski definition) is 2. The predicted octanol–water partition coefficient (Wildman–Crippen LogP) is 2.33. The first-order valence-electron chi connectivity index (χ1n) is 6.16. The van der Waals surface area contributed by atoms with Crippen LogP contribution in [-0.2, 0) is 15.6 Å². The molecule has 0 aliphatic carbocycles. The molecule has 0 spiro atoms. The van der Waals surface area contributed by atoms with E-state index in [1.807, 2.05) is 6.92 Å². The average molecular weight is 303 g/mol. The van der Waals surface area contributed by atoms with E-state index in [1.54, 1.807) is 12.1 Å². The molecule has 0 aromatic heterocycles. The first-order chi connectivity index (χ1) is 8.93. The molecule has 0 aliphatic rings. The van der Waals surface area contributed by atoms with Crippen molar-refractivity contribution in [3.8, 4) is 0 Å². The summed E-state index contributed by atoms with van der Waals surface area (Å²) in [6, 6.07) is 4.84. The van der Waals surface area contributed by atoms with Crippen molar-refractivity contribution in [2.45, 2.75) is 37.6 Å². The van der Waals surface area contributed by atoms with E-state index in [0.29, 0.717) is 15.6 Å². The third-order valence-corrected chi connectivity index (χ3v) is 4.23. The minimum Gasteiger partial charge on any atom is -0.398 e. The van der Waals surface area contributed by atoms with Crippen LogP contribution in [0.4, 0.5) is 5.69 Å². The Morgan fingerprint density at radius 3 is 2.79 bits per heavy atom. The topological polar surface area (TPSA) is 72.2 Å². The maximum atomic E-state index is 12.1. The highest BCUT2D eigenvalue weighted by Crippen LogP contribution is 2.21. The van der Waals surface area contributed by atoms with Crippen LogP contribution < -0.4 is 11.1 Å². The molecule has 0 saturated carbocycles. The number of nitrogens with one attached hydrogen (secondary N) is 1. The number of carbonyl (C=O) groups excluding carboxylic acids is 1. The Kier molecular flexibility index (Phi) is 6.31. The van der Waals surface area contributed by atoms with E-state index < -0.39 is 10.8 Å². The molecule has 0 saturated heterocycles. The summed E-state index contributed by atoms with van der Waals surface area (Å²) in [5, 5.41) is 3.30. The summed E-state index contributed by atoms with van der Waals surface area (Å²) < 4.78 is 12.1. The second-order valence-electron chi connectivity index (χ2n) is 4.43. The lowest BCUT2D eigenvalue weighted by Crippen LogP contribution is -2.35. The van der Waals surface area contributed by atoms with Crippen molar-refractivity contribution in [1.29, 1.82) is 0 Å². The second kappa shape index (κ2) is 7.50. The van der Waals surface area contributed by atoms with E-state index in [0.717, 1.165) is 12.8 Å². The molecule has 0 radical (unpaired) electrons. The molecular weight excluding hydrogens is 284 g/mol.